The summed E-state index contributed by atoms with van der Waals surface area (Å²) in [5, 5.41) is 12.1. The van der Waals surface area contributed by atoms with Crippen molar-refractivity contribution in [1.29, 1.82) is 0 Å². The number of aromatic carboxylic acids is 1. The van der Waals surface area contributed by atoms with Gasteiger partial charge in [0, 0.05) is 17.7 Å². The number of hydrogen-bond acceptors (Lipinski definition) is 4. The van der Waals surface area contributed by atoms with Gasteiger partial charge in [-0.15, -0.1) is 0 Å². The van der Waals surface area contributed by atoms with E-state index < -0.39 is 12.0 Å². The number of fused-ring (bicyclic) bond motifs is 2. The Morgan fingerprint density at radius 1 is 1.19 bits per heavy atom. The monoisotopic (exact) mass is 354 g/mol. The SMILES string of the molecule is CC(C)N1C(=O)NC(c2ccc(C(=O)O)cc2)c2cc3c(cc21)OCO3. The van der Waals surface area contributed by atoms with Crippen molar-refractivity contribution in [2.45, 2.75) is 25.9 Å². The van der Waals surface area contributed by atoms with Crippen molar-refractivity contribution in [2.24, 2.45) is 0 Å². The summed E-state index contributed by atoms with van der Waals surface area (Å²) in [6.45, 7) is 4.03. The molecular weight excluding hydrogens is 336 g/mol. The molecule has 0 saturated heterocycles. The van der Waals surface area contributed by atoms with Gasteiger partial charge in [-0.3, -0.25) is 4.90 Å². The lowest BCUT2D eigenvalue weighted by atomic mass is 9.93. The lowest BCUT2D eigenvalue weighted by molar-refractivity contribution is 0.0697. The first-order valence-corrected chi connectivity index (χ1v) is 8.32. The minimum atomic E-state index is -0.987. The molecule has 0 aromatic heterocycles. The van der Waals surface area contributed by atoms with Gasteiger partial charge in [-0.25, -0.2) is 9.59 Å². The van der Waals surface area contributed by atoms with Gasteiger partial charge in [0.25, 0.3) is 0 Å². The third-order valence-electron chi connectivity index (χ3n) is 4.59. The number of rotatable bonds is 3. The summed E-state index contributed by atoms with van der Waals surface area (Å²) in [6.07, 6.45) is 0. The molecule has 2 aliphatic rings. The topological polar surface area (TPSA) is 88.1 Å². The maximum absolute atomic E-state index is 12.7. The summed E-state index contributed by atoms with van der Waals surface area (Å²) in [7, 11) is 0. The van der Waals surface area contributed by atoms with Gasteiger partial charge >= 0.3 is 12.0 Å². The molecule has 0 fully saturated rings. The Balaban J connectivity index is 1.83. The normalized spacial score (nSPS) is 17.9. The van der Waals surface area contributed by atoms with Crippen molar-refractivity contribution in [3.63, 3.8) is 0 Å². The number of carboxylic acids is 1. The standard InChI is InChI=1S/C19H18N2O5/c1-10(2)21-14-8-16-15(25-9-26-16)7-13(14)17(20-19(21)24)11-3-5-12(6-4-11)18(22)23/h3-8,10,17H,9H2,1-2H3,(H,20,24)(H,22,23). The molecule has 0 radical (unpaired) electrons. The first-order valence-electron chi connectivity index (χ1n) is 8.32. The minimum absolute atomic E-state index is 0.0375. The second kappa shape index (κ2) is 5.94. The highest BCUT2D eigenvalue weighted by atomic mass is 16.7. The van der Waals surface area contributed by atoms with Crippen LogP contribution in [-0.2, 0) is 0 Å². The molecule has 1 unspecified atom stereocenters. The van der Waals surface area contributed by atoms with Gasteiger partial charge < -0.3 is 19.9 Å². The number of ether oxygens (including phenoxy) is 2. The third-order valence-corrected chi connectivity index (χ3v) is 4.59. The molecule has 134 valence electrons. The average molecular weight is 354 g/mol. The molecule has 0 spiro atoms. The van der Waals surface area contributed by atoms with Crippen LogP contribution in [0.25, 0.3) is 0 Å². The number of urea groups is 1. The van der Waals surface area contributed by atoms with E-state index in [4.69, 9.17) is 14.6 Å². The van der Waals surface area contributed by atoms with E-state index in [0.717, 1.165) is 16.8 Å². The number of benzene rings is 2. The predicted octanol–water partition coefficient (Wildman–Crippen LogP) is 3.14. The molecule has 2 amide bonds. The van der Waals surface area contributed by atoms with Gasteiger partial charge in [-0.05, 0) is 37.6 Å². The van der Waals surface area contributed by atoms with E-state index in [9.17, 15) is 9.59 Å². The van der Waals surface area contributed by atoms with Crippen LogP contribution in [0.1, 0.15) is 41.4 Å². The van der Waals surface area contributed by atoms with Gasteiger partial charge in [0.1, 0.15) is 0 Å². The summed E-state index contributed by atoms with van der Waals surface area (Å²) in [4.78, 5) is 25.5. The van der Waals surface area contributed by atoms with Crippen molar-refractivity contribution in [3.05, 3.63) is 53.1 Å². The number of nitrogens with zero attached hydrogens (tertiary/aromatic N) is 1. The lowest BCUT2D eigenvalue weighted by Crippen LogP contribution is -2.50. The fourth-order valence-corrected chi connectivity index (χ4v) is 3.36. The molecule has 2 aromatic rings. The third kappa shape index (κ3) is 2.52. The van der Waals surface area contributed by atoms with Gasteiger partial charge in [-0.1, -0.05) is 12.1 Å². The number of amides is 2. The van der Waals surface area contributed by atoms with Crippen LogP contribution >= 0.6 is 0 Å². The maximum Gasteiger partial charge on any atom is 0.335 e. The second-order valence-corrected chi connectivity index (χ2v) is 6.54. The first-order chi connectivity index (χ1) is 12.5. The molecule has 0 saturated carbocycles. The molecule has 4 rings (SSSR count). The van der Waals surface area contributed by atoms with E-state index in [1.807, 2.05) is 26.0 Å². The smallest absolute Gasteiger partial charge is 0.335 e. The number of carbonyl (C=O) groups excluding carboxylic acids is 1. The fourth-order valence-electron chi connectivity index (χ4n) is 3.36. The van der Waals surface area contributed by atoms with Gasteiger partial charge in [0.2, 0.25) is 6.79 Å². The van der Waals surface area contributed by atoms with Crippen molar-refractivity contribution in [1.82, 2.24) is 5.32 Å². The lowest BCUT2D eigenvalue weighted by Gasteiger charge is -2.37. The summed E-state index contributed by atoms with van der Waals surface area (Å²) in [5.74, 6) is 0.263. The van der Waals surface area contributed by atoms with E-state index in [-0.39, 0.29) is 24.4 Å². The number of carbonyl (C=O) groups is 2. The van der Waals surface area contributed by atoms with Gasteiger partial charge in [0.15, 0.2) is 11.5 Å². The van der Waals surface area contributed by atoms with Crippen LogP contribution in [0.15, 0.2) is 36.4 Å². The molecule has 2 aromatic carbocycles. The van der Waals surface area contributed by atoms with Crippen molar-refractivity contribution < 1.29 is 24.2 Å². The van der Waals surface area contributed by atoms with Crippen LogP contribution in [0.2, 0.25) is 0 Å². The molecule has 7 heteroatoms. The number of hydrogen-bond donors (Lipinski definition) is 2. The molecule has 2 N–H and O–H groups in total. The molecule has 7 nitrogen and oxygen atoms in total. The van der Waals surface area contributed by atoms with Crippen molar-refractivity contribution in [2.75, 3.05) is 11.7 Å². The van der Waals surface area contributed by atoms with Crippen LogP contribution in [0.4, 0.5) is 10.5 Å². The molecule has 0 bridgehead atoms. The van der Waals surface area contributed by atoms with E-state index in [1.54, 1.807) is 17.0 Å². The maximum atomic E-state index is 12.7. The highest BCUT2D eigenvalue weighted by Gasteiger charge is 2.35. The molecule has 0 aliphatic carbocycles. The number of carboxylic acid groups (broad SMARTS) is 1. The van der Waals surface area contributed by atoms with E-state index >= 15 is 0 Å². The summed E-state index contributed by atoms with van der Waals surface area (Å²) >= 11 is 0. The van der Waals surface area contributed by atoms with Crippen LogP contribution in [0.3, 0.4) is 0 Å². The quantitative estimate of drug-likeness (QED) is 0.884. The number of nitrogens with one attached hydrogen (secondary N) is 1. The van der Waals surface area contributed by atoms with Crippen molar-refractivity contribution >= 4 is 17.7 Å². The summed E-state index contributed by atoms with van der Waals surface area (Å²) < 4.78 is 11.0. The Bertz CT molecular complexity index is 892. The highest BCUT2D eigenvalue weighted by molar-refractivity contribution is 5.97. The summed E-state index contributed by atoms with van der Waals surface area (Å²) in [6, 6.07) is 9.56. The molecule has 1 atom stereocenters. The predicted molar refractivity (Wildman–Crippen MR) is 94.0 cm³/mol. The van der Waals surface area contributed by atoms with E-state index in [0.29, 0.717) is 11.5 Å². The van der Waals surface area contributed by atoms with E-state index in [1.165, 1.54) is 12.1 Å². The molecule has 2 aliphatic heterocycles. The Morgan fingerprint density at radius 3 is 2.46 bits per heavy atom. The number of anilines is 1. The minimum Gasteiger partial charge on any atom is -0.478 e. The Morgan fingerprint density at radius 2 is 1.85 bits per heavy atom. The second-order valence-electron chi connectivity index (χ2n) is 6.54. The average Bonchev–Trinajstić information content (AvgIpc) is 3.06. The van der Waals surface area contributed by atoms with Crippen LogP contribution in [-0.4, -0.2) is 29.9 Å². The van der Waals surface area contributed by atoms with Crippen LogP contribution in [0.5, 0.6) is 11.5 Å². The first kappa shape index (κ1) is 16.3. The van der Waals surface area contributed by atoms with Crippen LogP contribution in [0, 0.1) is 0 Å². The van der Waals surface area contributed by atoms with E-state index in [2.05, 4.69) is 5.32 Å². The fraction of sp³-hybridized carbons (Fsp3) is 0.263. The van der Waals surface area contributed by atoms with Gasteiger partial charge in [-0.2, -0.15) is 0 Å². The Hall–Kier alpha value is -3.22. The Kier molecular flexibility index (Phi) is 3.72. The Labute approximate surface area is 150 Å². The largest absolute Gasteiger partial charge is 0.478 e. The summed E-state index contributed by atoms with van der Waals surface area (Å²) in [5.41, 5.74) is 2.64. The molecule has 2 heterocycles. The zero-order valence-electron chi connectivity index (χ0n) is 14.4. The molecule has 26 heavy (non-hydrogen) atoms. The zero-order chi connectivity index (χ0) is 18.4. The van der Waals surface area contributed by atoms with Crippen molar-refractivity contribution in [3.8, 4) is 11.5 Å². The van der Waals surface area contributed by atoms with Gasteiger partial charge in [0.05, 0.1) is 17.3 Å². The highest BCUT2D eigenvalue weighted by Crippen LogP contribution is 2.44. The zero-order valence-corrected chi connectivity index (χ0v) is 14.4. The molecular formula is C19H18N2O5. The van der Waals surface area contributed by atoms with Crippen LogP contribution < -0.4 is 19.7 Å².